The molecule has 1 N–H and O–H groups in total. The molecule has 2 atom stereocenters. The lowest BCUT2D eigenvalue weighted by atomic mass is 10.0. The number of likely N-dealkylation sites (tertiary alicyclic amines) is 1. The Hall–Kier alpha value is -2.86. The predicted molar refractivity (Wildman–Crippen MR) is 101 cm³/mol. The van der Waals surface area contributed by atoms with E-state index in [1.165, 1.54) is 0 Å². The first-order valence-electron chi connectivity index (χ1n) is 9.38. The van der Waals surface area contributed by atoms with E-state index in [1.54, 1.807) is 0 Å². The highest BCUT2D eigenvalue weighted by molar-refractivity contribution is 5.81. The van der Waals surface area contributed by atoms with E-state index in [1.807, 2.05) is 54.1 Å². The molecule has 2 fully saturated rings. The van der Waals surface area contributed by atoms with E-state index in [2.05, 4.69) is 16.4 Å². The van der Waals surface area contributed by atoms with Crippen molar-refractivity contribution in [3.63, 3.8) is 0 Å². The Balaban J connectivity index is 1.47. The molecular formula is C21H22N4O2. The van der Waals surface area contributed by atoms with Gasteiger partial charge in [0.1, 0.15) is 11.5 Å². The molecule has 2 saturated heterocycles. The van der Waals surface area contributed by atoms with Gasteiger partial charge in [-0.15, -0.1) is 0 Å². The van der Waals surface area contributed by atoms with Gasteiger partial charge >= 0.3 is 0 Å². The van der Waals surface area contributed by atoms with Gasteiger partial charge in [-0.05, 0) is 31.2 Å². The van der Waals surface area contributed by atoms with E-state index in [0.29, 0.717) is 5.92 Å². The number of carbonyl (C=O) groups is 1. The zero-order valence-electron chi connectivity index (χ0n) is 15.3. The number of amides is 1. The number of furan rings is 1. The summed E-state index contributed by atoms with van der Waals surface area (Å²) in [5, 5.41) is 7.78. The second-order valence-corrected chi connectivity index (χ2v) is 7.50. The van der Waals surface area contributed by atoms with Gasteiger partial charge in [0.15, 0.2) is 5.76 Å². The van der Waals surface area contributed by atoms with Crippen molar-refractivity contribution in [2.75, 3.05) is 19.6 Å². The minimum atomic E-state index is 0.128. The van der Waals surface area contributed by atoms with Crippen LogP contribution < -0.4 is 5.32 Å². The average molecular weight is 362 g/mol. The molecule has 138 valence electrons. The highest BCUT2D eigenvalue weighted by atomic mass is 16.3. The third-order valence-electron chi connectivity index (χ3n) is 5.57. The van der Waals surface area contributed by atoms with E-state index in [9.17, 15) is 4.79 Å². The van der Waals surface area contributed by atoms with Gasteiger partial charge in [0.05, 0.1) is 11.6 Å². The van der Waals surface area contributed by atoms with Gasteiger partial charge in [-0.3, -0.25) is 9.69 Å². The Morgan fingerprint density at radius 1 is 1.19 bits per heavy atom. The number of hydrogen-bond donors (Lipinski definition) is 1. The molecule has 0 spiro atoms. The molecule has 6 heteroatoms. The maximum Gasteiger partial charge on any atom is 0.224 e. The minimum absolute atomic E-state index is 0.128. The summed E-state index contributed by atoms with van der Waals surface area (Å²) >= 11 is 0. The fourth-order valence-corrected chi connectivity index (χ4v) is 4.20. The van der Waals surface area contributed by atoms with E-state index < -0.39 is 0 Å². The lowest BCUT2D eigenvalue weighted by molar-refractivity contribution is -0.122. The lowest BCUT2D eigenvalue weighted by Crippen LogP contribution is -2.28. The molecule has 0 saturated carbocycles. The van der Waals surface area contributed by atoms with E-state index in [0.717, 1.165) is 54.6 Å². The molecule has 5 rings (SSSR count). The van der Waals surface area contributed by atoms with Crippen molar-refractivity contribution in [1.82, 2.24) is 20.0 Å². The molecule has 2 aliphatic rings. The zero-order valence-corrected chi connectivity index (χ0v) is 15.3. The number of carbonyl (C=O) groups excluding carboxylic acids is 1. The van der Waals surface area contributed by atoms with Crippen LogP contribution in [0.1, 0.15) is 11.3 Å². The molecule has 6 nitrogen and oxygen atoms in total. The number of aryl methyl sites for hydroxylation is 1. The van der Waals surface area contributed by atoms with Gasteiger partial charge in [0.2, 0.25) is 5.91 Å². The topological polar surface area (TPSA) is 63.3 Å². The summed E-state index contributed by atoms with van der Waals surface area (Å²) in [5.74, 6) is 2.41. The monoisotopic (exact) mass is 362 g/mol. The van der Waals surface area contributed by atoms with Crippen LogP contribution in [0.15, 0.2) is 53.1 Å². The molecular weight excluding hydrogens is 340 g/mol. The van der Waals surface area contributed by atoms with Crippen molar-refractivity contribution < 1.29 is 9.21 Å². The average Bonchev–Trinajstić information content (AvgIpc) is 3.43. The smallest absolute Gasteiger partial charge is 0.224 e. The summed E-state index contributed by atoms with van der Waals surface area (Å²) in [6.45, 7) is 5.26. The third kappa shape index (κ3) is 2.96. The molecule has 1 aromatic carbocycles. The van der Waals surface area contributed by atoms with Crippen LogP contribution in [0, 0.1) is 18.8 Å². The number of nitrogens with one attached hydrogen (secondary N) is 1. The van der Waals surface area contributed by atoms with Gasteiger partial charge in [-0.1, -0.05) is 18.2 Å². The number of benzene rings is 1. The number of nitrogens with zero attached hydrogens (tertiary/aromatic N) is 3. The Morgan fingerprint density at radius 2 is 2.04 bits per heavy atom. The van der Waals surface area contributed by atoms with Crippen molar-refractivity contribution in [2.24, 2.45) is 11.8 Å². The highest BCUT2D eigenvalue weighted by Crippen LogP contribution is 2.31. The van der Waals surface area contributed by atoms with E-state index >= 15 is 0 Å². The SMILES string of the molecule is Cc1ccc(-c2nn(-c3ccccc3)cc2CN2C[C@@H]3CNC(=O)[C@@H]3C2)o1. The van der Waals surface area contributed by atoms with Crippen LogP contribution >= 0.6 is 0 Å². The zero-order chi connectivity index (χ0) is 18.4. The van der Waals surface area contributed by atoms with Crippen LogP contribution in [-0.2, 0) is 11.3 Å². The molecule has 4 heterocycles. The van der Waals surface area contributed by atoms with E-state index in [-0.39, 0.29) is 11.8 Å². The molecule has 0 bridgehead atoms. The summed E-state index contributed by atoms with van der Waals surface area (Å²) in [6, 6.07) is 14.0. The maximum absolute atomic E-state index is 12.0. The molecule has 0 unspecified atom stereocenters. The summed E-state index contributed by atoms with van der Waals surface area (Å²) in [6.07, 6.45) is 2.08. The molecule has 3 aromatic rings. The largest absolute Gasteiger partial charge is 0.460 e. The van der Waals surface area contributed by atoms with Crippen molar-refractivity contribution in [2.45, 2.75) is 13.5 Å². The van der Waals surface area contributed by atoms with Crippen LogP contribution in [0.2, 0.25) is 0 Å². The summed E-state index contributed by atoms with van der Waals surface area (Å²) < 4.78 is 7.77. The van der Waals surface area contributed by atoms with Crippen molar-refractivity contribution in [1.29, 1.82) is 0 Å². The molecule has 27 heavy (non-hydrogen) atoms. The fraction of sp³-hybridized carbons (Fsp3) is 0.333. The first-order chi connectivity index (χ1) is 13.2. The Morgan fingerprint density at radius 3 is 2.78 bits per heavy atom. The molecule has 1 amide bonds. The normalized spacial score (nSPS) is 22.2. The second kappa shape index (κ2) is 6.39. The number of para-hydroxylation sites is 1. The Bertz CT molecular complexity index is 975. The van der Waals surface area contributed by atoms with Gasteiger partial charge in [-0.25, -0.2) is 4.68 Å². The van der Waals surface area contributed by atoms with Crippen molar-refractivity contribution in [3.05, 3.63) is 60.0 Å². The Kier molecular flexibility index (Phi) is 3.86. The first-order valence-corrected chi connectivity index (χ1v) is 9.38. The number of hydrogen-bond acceptors (Lipinski definition) is 4. The maximum atomic E-state index is 12.0. The summed E-state index contributed by atoms with van der Waals surface area (Å²) in [5.41, 5.74) is 3.01. The van der Waals surface area contributed by atoms with Crippen molar-refractivity contribution >= 4 is 5.91 Å². The molecule has 0 aliphatic carbocycles. The van der Waals surface area contributed by atoms with Crippen LogP contribution in [0.5, 0.6) is 0 Å². The summed E-state index contributed by atoms with van der Waals surface area (Å²) in [7, 11) is 0. The quantitative estimate of drug-likeness (QED) is 0.775. The Labute approximate surface area is 157 Å². The lowest BCUT2D eigenvalue weighted by Gasteiger charge is -2.16. The third-order valence-corrected chi connectivity index (χ3v) is 5.57. The van der Waals surface area contributed by atoms with Gasteiger partial charge in [0, 0.05) is 43.9 Å². The fourth-order valence-electron chi connectivity index (χ4n) is 4.20. The molecule has 2 aromatic heterocycles. The van der Waals surface area contributed by atoms with Crippen LogP contribution in [0.4, 0.5) is 0 Å². The minimum Gasteiger partial charge on any atom is -0.460 e. The van der Waals surface area contributed by atoms with Crippen molar-refractivity contribution in [3.8, 4) is 17.1 Å². The van der Waals surface area contributed by atoms with Gasteiger partial charge in [0.25, 0.3) is 0 Å². The highest BCUT2D eigenvalue weighted by Gasteiger charge is 2.42. The summed E-state index contributed by atoms with van der Waals surface area (Å²) in [4.78, 5) is 14.3. The number of fused-ring (bicyclic) bond motifs is 1. The second-order valence-electron chi connectivity index (χ2n) is 7.50. The molecule has 0 radical (unpaired) electrons. The first kappa shape index (κ1) is 16.3. The number of rotatable bonds is 4. The van der Waals surface area contributed by atoms with Crippen LogP contribution in [0.25, 0.3) is 17.1 Å². The van der Waals surface area contributed by atoms with Gasteiger partial charge < -0.3 is 9.73 Å². The van der Waals surface area contributed by atoms with Crippen LogP contribution in [-0.4, -0.2) is 40.2 Å². The number of aromatic nitrogens is 2. The van der Waals surface area contributed by atoms with E-state index in [4.69, 9.17) is 9.52 Å². The molecule has 2 aliphatic heterocycles. The predicted octanol–water partition coefficient (Wildman–Crippen LogP) is 2.62. The van der Waals surface area contributed by atoms with Crippen LogP contribution in [0.3, 0.4) is 0 Å². The van der Waals surface area contributed by atoms with Gasteiger partial charge in [-0.2, -0.15) is 5.10 Å². The standard InChI is InChI=1S/C21H22N4O2/c1-14-7-8-19(27-14)20-16(12-25(23-20)17-5-3-2-4-6-17)11-24-10-15-9-22-21(26)18(15)13-24/h2-8,12,15,18H,9-11,13H2,1H3,(H,22,26)/t15-,18+/m0/s1.